The maximum absolute atomic E-state index is 13.0. The van der Waals surface area contributed by atoms with Crippen molar-refractivity contribution in [3.63, 3.8) is 0 Å². The number of ketones is 1. The summed E-state index contributed by atoms with van der Waals surface area (Å²) in [5, 5.41) is 28.5. The maximum Gasteiger partial charge on any atom is 0.372 e. The summed E-state index contributed by atoms with van der Waals surface area (Å²) in [4.78, 5) is 46.9. The number of carbonyl (C=O) groups excluding carboxylic acids is 2. The predicted octanol–water partition coefficient (Wildman–Crippen LogP) is 1.91. The largest absolute Gasteiger partial charge is 0.493 e. The Bertz CT molecular complexity index is 1230. The minimum atomic E-state index is -1.60. The molecule has 0 aliphatic carbocycles. The van der Waals surface area contributed by atoms with Crippen molar-refractivity contribution in [1.29, 1.82) is 5.41 Å². The minimum Gasteiger partial charge on any atom is -0.493 e. The fourth-order valence-corrected chi connectivity index (χ4v) is 4.14. The highest BCUT2D eigenvalue weighted by molar-refractivity contribution is 9.10. The third-order valence-corrected chi connectivity index (χ3v) is 6.13. The SMILES string of the molecule is N=C(N)c1ccc(CC(=O)C(=O)O)c(OC[C@@H](CCC(=O)O)NC(=O)c2cc3c(cc2Br)CCO3)c1. The number of amidine groups is 1. The first kappa shape index (κ1) is 26.7. The Morgan fingerprint density at radius 2 is 1.94 bits per heavy atom. The highest BCUT2D eigenvalue weighted by Gasteiger charge is 2.23. The number of carboxylic acid groups (broad SMARTS) is 2. The lowest BCUT2D eigenvalue weighted by atomic mass is 10.0. The fraction of sp³-hybridized carbons (Fsp3) is 0.292. The van der Waals surface area contributed by atoms with Crippen LogP contribution in [0.3, 0.4) is 0 Å². The summed E-state index contributed by atoms with van der Waals surface area (Å²) in [7, 11) is 0. The summed E-state index contributed by atoms with van der Waals surface area (Å²) in [6.45, 7) is 0.335. The molecule has 0 aromatic heterocycles. The van der Waals surface area contributed by atoms with E-state index < -0.39 is 36.1 Å². The summed E-state index contributed by atoms with van der Waals surface area (Å²) in [6, 6.07) is 6.94. The maximum atomic E-state index is 13.0. The van der Waals surface area contributed by atoms with Crippen molar-refractivity contribution >= 4 is 45.4 Å². The zero-order valence-electron chi connectivity index (χ0n) is 19.0. The van der Waals surface area contributed by atoms with Crippen molar-refractivity contribution in [3.05, 3.63) is 57.1 Å². The molecule has 0 unspecified atom stereocenters. The van der Waals surface area contributed by atoms with Crippen LogP contribution in [0.2, 0.25) is 0 Å². The normalized spacial score (nSPS) is 12.7. The van der Waals surface area contributed by atoms with Crippen LogP contribution in [-0.4, -0.2) is 58.9 Å². The molecule has 0 saturated heterocycles. The number of fused-ring (bicyclic) bond motifs is 1. The van der Waals surface area contributed by atoms with Gasteiger partial charge in [0.15, 0.2) is 0 Å². The van der Waals surface area contributed by atoms with E-state index >= 15 is 0 Å². The lowest BCUT2D eigenvalue weighted by molar-refractivity contribution is -0.148. The molecule has 36 heavy (non-hydrogen) atoms. The van der Waals surface area contributed by atoms with Crippen LogP contribution in [0, 0.1) is 5.41 Å². The summed E-state index contributed by atoms with van der Waals surface area (Å²) in [6.07, 6.45) is 0.0601. The first-order chi connectivity index (χ1) is 17.0. The van der Waals surface area contributed by atoms with Crippen molar-refractivity contribution in [3.8, 4) is 11.5 Å². The molecular weight excluding hydrogens is 538 g/mol. The number of aliphatic carboxylic acids is 2. The predicted molar refractivity (Wildman–Crippen MR) is 131 cm³/mol. The summed E-state index contributed by atoms with van der Waals surface area (Å²) < 4.78 is 11.9. The number of carbonyl (C=O) groups is 4. The van der Waals surface area contributed by atoms with Crippen molar-refractivity contribution in [1.82, 2.24) is 5.32 Å². The van der Waals surface area contributed by atoms with Crippen LogP contribution in [0.5, 0.6) is 11.5 Å². The van der Waals surface area contributed by atoms with Gasteiger partial charge >= 0.3 is 11.9 Å². The van der Waals surface area contributed by atoms with Crippen molar-refractivity contribution < 1.29 is 38.9 Å². The monoisotopic (exact) mass is 561 g/mol. The Balaban J connectivity index is 1.80. The fourth-order valence-electron chi connectivity index (χ4n) is 3.57. The molecule has 0 saturated carbocycles. The number of ether oxygens (including phenoxy) is 2. The number of Topliss-reactive ketones (excluding diaryl/α,β-unsaturated/α-hetero) is 1. The molecule has 0 fully saturated rings. The number of halogens is 1. The third kappa shape index (κ3) is 6.81. The van der Waals surface area contributed by atoms with Gasteiger partial charge in [-0.1, -0.05) is 12.1 Å². The summed E-state index contributed by atoms with van der Waals surface area (Å²) in [5.74, 6) is -3.77. The summed E-state index contributed by atoms with van der Waals surface area (Å²) >= 11 is 3.39. The number of carboxylic acids is 2. The molecular formula is C24H24BrN3O8. The van der Waals surface area contributed by atoms with Gasteiger partial charge in [-0.3, -0.25) is 19.8 Å². The van der Waals surface area contributed by atoms with Crippen LogP contribution in [-0.2, 0) is 27.2 Å². The van der Waals surface area contributed by atoms with Crippen molar-refractivity contribution in [2.45, 2.75) is 31.7 Å². The Kier molecular flexibility index (Phi) is 8.64. The van der Waals surface area contributed by atoms with E-state index in [1.165, 1.54) is 18.2 Å². The number of benzene rings is 2. The van der Waals surface area contributed by atoms with Crippen molar-refractivity contribution in [2.24, 2.45) is 5.73 Å². The van der Waals surface area contributed by atoms with E-state index in [0.717, 1.165) is 12.0 Å². The van der Waals surface area contributed by atoms with Gasteiger partial charge in [0.05, 0.1) is 18.2 Å². The standard InChI is InChI=1S/C24H24BrN3O8/c25-17-7-13-5-6-35-20(13)10-16(17)23(32)28-15(3-4-21(30)31)11-36-19-9-14(22(26)27)2-1-12(19)8-18(29)24(33)34/h1-2,7,9-10,15H,3-6,8,11H2,(H3,26,27)(H,28,32)(H,30,31)(H,33,34)/t15-/m1/s1. The lowest BCUT2D eigenvalue weighted by Gasteiger charge is -2.21. The molecule has 190 valence electrons. The van der Waals surface area contributed by atoms with Crippen molar-refractivity contribution in [2.75, 3.05) is 13.2 Å². The Labute approximate surface area is 214 Å². The van der Waals surface area contributed by atoms with Gasteiger partial charge in [-0.05, 0) is 46.1 Å². The van der Waals surface area contributed by atoms with E-state index in [2.05, 4.69) is 21.2 Å². The Hall–Kier alpha value is -3.93. The molecule has 0 bridgehead atoms. The Morgan fingerprint density at radius 1 is 1.19 bits per heavy atom. The number of hydrogen-bond acceptors (Lipinski definition) is 7. The highest BCUT2D eigenvalue weighted by atomic mass is 79.9. The molecule has 3 rings (SSSR count). The van der Waals surface area contributed by atoms with Crippen LogP contribution < -0.4 is 20.5 Å². The minimum absolute atomic E-state index is 0.0376. The average Bonchev–Trinajstić information content (AvgIpc) is 3.27. The Morgan fingerprint density at radius 3 is 2.61 bits per heavy atom. The molecule has 0 radical (unpaired) electrons. The number of nitrogens with one attached hydrogen (secondary N) is 2. The number of amides is 1. The van der Waals surface area contributed by atoms with Gasteiger partial charge in [0.2, 0.25) is 5.78 Å². The van der Waals surface area contributed by atoms with Crippen LogP contribution in [0.1, 0.15) is 39.9 Å². The second kappa shape index (κ2) is 11.7. The quantitative estimate of drug-likeness (QED) is 0.146. The van der Waals surface area contributed by atoms with Gasteiger partial charge in [0.1, 0.15) is 23.9 Å². The molecule has 0 spiro atoms. The highest BCUT2D eigenvalue weighted by Crippen LogP contribution is 2.31. The van der Waals surface area contributed by atoms with E-state index in [1.54, 1.807) is 12.1 Å². The molecule has 11 nitrogen and oxygen atoms in total. The molecule has 2 aromatic carbocycles. The van der Waals surface area contributed by atoms with Gasteiger partial charge in [-0.15, -0.1) is 0 Å². The third-order valence-electron chi connectivity index (χ3n) is 5.47. The van der Waals surface area contributed by atoms with Gasteiger partial charge in [-0.2, -0.15) is 0 Å². The van der Waals surface area contributed by atoms with Crippen LogP contribution in [0.25, 0.3) is 0 Å². The molecule has 1 heterocycles. The first-order valence-electron chi connectivity index (χ1n) is 10.9. The number of nitrogens with two attached hydrogens (primary N) is 1. The molecule has 12 heteroatoms. The van der Waals surface area contributed by atoms with E-state index in [1.807, 2.05) is 0 Å². The van der Waals surface area contributed by atoms with Crippen LogP contribution >= 0.6 is 15.9 Å². The average molecular weight is 562 g/mol. The molecule has 2 aromatic rings. The van der Waals surface area contributed by atoms with E-state index in [0.29, 0.717) is 22.4 Å². The van der Waals surface area contributed by atoms with E-state index in [-0.39, 0.29) is 42.2 Å². The molecule has 1 amide bonds. The zero-order valence-corrected chi connectivity index (χ0v) is 20.6. The first-order valence-corrected chi connectivity index (χ1v) is 11.7. The van der Waals surface area contributed by atoms with Gasteiger partial charge in [0, 0.05) is 34.9 Å². The van der Waals surface area contributed by atoms with Gasteiger partial charge in [-0.25, -0.2) is 4.79 Å². The topological polar surface area (TPSA) is 189 Å². The lowest BCUT2D eigenvalue weighted by Crippen LogP contribution is -2.39. The number of nitrogen functional groups attached to an aromatic ring is 1. The zero-order chi connectivity index (χ0) is 26.4. The second-order valence-corrected chi connectivity index (χ2v) is 8.95. The van der Waals surface area contributed by atoms with Crippen LogP contribution in [0.4, 0.5) is 0 Å². The summed E-state index contributed by atoms with van der Waals surface area (Å²) in [5.41, 5.74) is 7.34. The number of rotatable bonds is 12. The smallest absolute Gasteiger partial charge is 0.372 e. The van der Waals surface area contributed by atoms with Gasteiger partial charge in [0.25, 0.3) is 5.91 Å². The number of hydrogen-bond donors (Lipinski definition) is 5. The van der Waals surface area contributed by atoms with Crippen LogP contribution in [0.15, 0.2) is 34.8 Å². The molecule has 6 N–H and O–H groups in total. The molecule has 1 aliphatic heterocycles. The van der Waals surface area contributed by atoms with E-state index in [4.69, 9.17) is 30.8 Å². The van der Waals surface area contributed by atoms with Gasteiger partial charge < -0.3 is 30.7 Å². The second-order valence-electron chi connectivity index (χ2n) is 8.09. The van der Waals surface area contributed by atoms with E-state index in [9.17, 15) is 19.2 Å². The molecule has 1 atom stereocenters. The molecule has 1 aliphatic rings.